The van der Waals surface area contributed by atoms with Crippen LogP contribution in [-0.4, -0.2) is 37.2 Å². The lowest BCUT2D eigenvalue weighted by Gasteiger charge is -2.18. The smallest absolute Gasteiger partial charge is 0.306 e. The van der Waals surface area contributed by atoms with Crippen molar-refractivity contribution < 1.29 is 28.6 Å². The minimum atomic E-state index is -0.780. The second-order valence-electron chi connectivity index (χ2n) is 21.3. The summed E-state index contributed by atoms with van der Waals surface area (Å²) in [4.78, 5) is 38.3. The third kappa shape index (κ3) is 59.9. The third-order valence-corrected chi connectivity index (χ3v) is 14.0. The molecule has 0 aromatic rings. The number of hydrogen-bond acceptors (Lipinski definition) is 6. The highest BCUT2D eigenvalue weighted by molar-refractivity contribution is 5.71. The molecule has 0 saturated heterocycles. The zero-order valence-corrected chi connectivity index (χ0v) is 48.7. The Morgan fingerprint density at radius 3 is 0.836 bits per heavy atom. The molecule has 6 nitrogen and oxygen atoms in total. The number of ether oxygens (including phenoxy) is 3. The van der Waals surface area contributed by atoms with Crippen LogP contribution in [0.3, 0.4) is 0 Å². The molecule has 6 heteroatoms. The first-order valence-electron chi connectivity index (χ1n) is 31.8. The van der Waals surface area contributed by atoms with Gasteiger partial charge in [-0.25, -0.2) is 0 Å². The van der Waals surface area contributed by atoms with Gasteiger partial charge in [0.15, 0.2) is 6.10 Å². The Kier molecular flexibility index (Phi) is 59.2. The Bertz CT molecular complexity index is 1310. The van der Waals surface area contributed by atoms with Crippen molar-refractivity contribution >= 4 is 17.9 Å². The van der Waals surface area contributed by atoms with Gasteiger partial charge in [-0.15, -0.1) is 0 Å². The fourth-order valence-electron chi connectivity index (χ4n) is 9.30. The third-order valence-electron chi connectivity index (χ3n) is 14.0. The van der Waals surface area contributed by atoms with E-state index in [1.165, 1.54) is 180 Å². The first-order chi connectivity index (χ1) is 36.0. The van der Waals surface area contributed by atoms with Crippen molar-refractivity contribution in [3.8, 4) is 0 Å². The van der Waals surface area contributed by atoms with Gasteiger partial charge in [0.2, 0.25) is 0 Å². The maximum atomic E-state index is 12.9. The molecule has 0 rings (SSSR count). The van der Waals surface area contributed by atoms with E-state index in [9.17, 15) is 14.4 Å². The lowest BCUT2D eigenvalue weighted by molar-refractivity contribution is -0.167. The van der Waals surface area contributed by atoms with Crippen molar-refractivity contribution in [1.82, 2.24) is 0 Å². The highest BCUT2D eigenvalue weighted by atomic mass is 16.6. The molecule has 0 amide bonds. The fraction of sp³-hybridized carbons (Fsp3) is 0.806. The lowest BCUT2D eigenvalue weighted by Crippen LogP contribution is -2.30. The maximum Gasteiger partial charge on any atom is 0.306 e. The fourth-order valence-corrected chi connectivity index (χ4v) is 9.30. The topological polar surface area (TPSA) is 78.9 Å². The van der Waals surface area contributed by atoms with Crippen molar-refractivity contribution in [1.29, 1.82) is 0 Å². The van der Waals surface area contributed by atoms with Crippen LogP contribution in [0.5, 0.6) is 0 Å². The molecule has 0 aromatic carbocycles. The first-order valence-corrected chi connectivity index (χ1v) is 31.8. The molecule has 1 unspecified atom stereocenters. The average molecular weight is 1020 g/mol. The Labute approximate surface area is 453 Å². The van der Waals surface area contributed by atoms with Crippen LogP contribution in [0, 0.1) is 0 Å². The van der Waals surface area contributed by atoms with Crippen LogP contribution in [0.2, 0.25) is 0 Å². The van der Waals surface area contributed by atoms with Gasteiger partial charge >= 0.3 is 17.9 Å². The van der Waals surface area contributed by atoms with E-state index >= 15 is 0 Å². The second kappa shape index (κ2) is 61.7. The first kappa shape index (κ1) is 70.1. The van der Waals surface area contributed by atoms with Gasteiger partial charge in [0, 0.05) is 19.3 Å². The highest BCUT2D eigenvalue weighted by Gasteiger charge is 2.19. The molecule has 0 aliphatic heterocycles. The van der Waals surface area contributed by atoms with E-state index < -0.39 is 6.10 Å². The lowest BCUT2D eigenvalue weighted by atomic mass is 10.0. The van der Waals surface area contributed by atoms with E-state index in [0.29, 0.717) is 19.3 Å². The number of carbonyl (C=O) groups is 3. The number of allylic oxidation sites excluding steroid dienone is 10. The van der Waals surface area contributed by atoms with Crippen molar-refractivity contribution in [2.75, 3.05) is 13.2 Å². The molecule has 0 aliphatic rings. The van der Waals surface area contributed by atoms with E-state index in [0.717, 1.165) is 109 Å². The van der Waals surface area contributed by atoms with Gasteiger partial charge in [-0.2, -0.15) is 0 Å². The summed E-state index contributed by atoms with van der Waals surface area (Å²) in [7, 11) is 0. The number of unbranched alkanes of at least 4 members (excludes halogenated alkanes) is 37. The van der Waals surface area contributed by atoms with Crippen molar-refractivity contribution in [2.45, 2.75) is 335 Å². The monoisotopic (exact) mass is 1020 g/mol. The molecule has 0 fully saturated rings. The average Bonchev–Trinajstić information content (AvgIpc) is 3.39. The minimum absolute atomic E-state index is 0.0757. The zero-order chi connectivity index (χ0) is 52.9. The molecule has 0 bridgehead atoms. The molecular formula is C67H120O6. The standard InChI is InChI=1S/C67H120O6/c1-4-7-10-13-16-19-22-25-28-31-33-34-35-37-39-42-45-48-51-54-57-60-66(69)72-63-64(62-71-65(68)59-56-53-50-47-44-41-38-30-27-24-21-18-15-12-9-6-3)73-67(70)61-58-55-52-49-46-43-40-36-32-29-26-23-20-17-14-11-8-5-2/h7,10,16,19,25,28,33-34,37,39,64H,4-6,8-9,11-15,17-18,20-24,26-27,29-32,35-36,38,40-63H2,1-3H3/b10-7-,19-16-,28-25-,34-33-,39-37-. The summed E-state index contributed by atoms with van der Waals surface area (Å²) in [6, 6.07) is 0. The quantitative estimate of drug-likeness (QED) is 0.0261. The molecule has 0 aliphatic carbocycles. The van der Waals surface area contributed by atoms with E-state index in [-0.39, 0.29) is 31.1 Å². The summed E-state index contributed by atoms with van der Waals surface area (Å²) in [6.45, 7) is 6.57. The minimum Gasteiger partial charge on any atom is -0.462 e. The molecule has 0 N–H and O–H groups in total. The number of rotatable bonds is 58. The largest absolute Gasteiger partial charge is 0.462 e. The molecule has 0 aromatic heterocycles. The van der Waals surface area contributed by atoms with Crippen LogP contribution >= 0.6 is 0 Å². The predicted molar refractivity (Wildman–Crippen MR) is 316 cm³/mol. The molecule has 1 atom stereocenters. The summed E-state index contributed by atoms with van der Waals surface area (Å²) < 4.78 is 16.9. The van der Waals surface area contributed by atoms with E-state index in [2.05, 4.69) is 81.5 Å². The molecule has 424 valence electrons. The van der Waals surface area contributed by atoms with Crippen molar-refractivity contribution in [3.63, 3.8) is 0 Å². The SMILES string of the molecule is CC/C=C\C/C=C\C/C=C\C/C=C\C/C=C\CCCCCCCC(=O)OCC(COC(=O)CCCCCCCCCCCCCCCCCC)OC(=O)CCCCCCCCCCCCCCCCCCCC. The Morgan fingerprint density at radius 1 is 0.288 bits per heavy atom. The van der Waals surface area contributed by atoms with E-state index in [1.54, 1.807) is 0 Å². The van der Waals surface area contributed by atoms with E-state index in [4.69, 9.17) is 14.2 Å². The van der Waals surface area contributed by atoms with Crippen LogP contribution in [0.1, 0.15) is 329 Å². The molecular weight excluding hydrogens is 901 g/mol. The summed E-state index contributed by atoms with van der Waals surface area (Å²) >= 11 is 0. The van der Waals surface area contributed by atoms with Gasteiger partial charge in [0.25, 0.3) is 0 Å². The van der Waals surface area contributed by atoms with Gasteiger partial charge in [0.05, 0.1) is 0 Å². The van der Waals surface area contributed by atoms with Crippen molar-refractivity contribution in [3.05, 3.63) is 60.8 Å². The summed E-state index contributed by atoms with van der Waals surface area (Å²) in [5.41, 5.74) is 0. The molecule has 0 spiro atoms. The highest BCUT2D eigenvalue weighted by Crippen LogP contribution is 2.17. The van der Waals surface area contributed by atoms with Crippen LogP contribution in [0.25, 0.3) is 0 Å². The predicted octanol–water partition coefficient (Wildman–Crippen LogP) is 21.6. The summed E-state index contributed by atoms with van der Waals surface area (Å²) in [5, 5.41) is 0. The van der Waals surface area contributed by atoms with Gasteiger partial charge in [0.1, 0.15) is 13.2 Å². The van der Waals surface area contributed by atoms with Crippen LogP contribution < -0.4 is 0 Å². The van der Waals surface area contributed by atoms with Crippen LogP contribution in [-0.2, 0) is 28.6 Å². The summed E-state index contributed by atoms with van der Waals surface area (Å²) in [6.07, 6.45) is 77.9. The van der Waals surface area contributed by atoms with Crippen LogP contribution in [0.15, 0.2) is 60.8 Å². The maximum absolute atomic E-state index is 12.9. The Hall–Kier alpha value is -2.89. The number of esters is 3. The number of hydrogen-bond donors (Lipinski definition) is 0. The second-order valence-corrected chi connectivity index (χ2v) is 21.3. The van der Waals surface area contributed by atoms with Gasteiger partial charge in [-0.1, -0.05) is 306 Å². The van der Waals surface area contributed by atoms with Crippen LogP contribution in [0.4, 0.5) is 0 Å². The Morgan fingerprint density at radius 2 is 0.534 bits per heavy atom. The molecule has 0 heterocycles. The van der Waals surface area contributed by atoms with Gasteiger partial charge < -0.3 is 14.2 Å². The normalized spacial score (nSPS) is 12.4. The van der Waals surface area contributed by atoms with Crippen molar-refractivity contribution in [2.24, 2.45) is 0 Å². The molecule has 0 saturated carbocycles. The summed E-state index contributed by atoms with van der Waals surface area (Å²) in [5.74, 6) is -0.874. The molecule has 73 heavy (non-hydrogen) atoms. The Balaban J connectivity index is 4.37. The van der Waals surface area contributed by atoms with E-state index in [1.807, 2.05) is 0 Å². The zero-order valence-electron chi connectivity index (χ0n) is 48.7. The van der Waals surface area contributed by atoms with Gasteiger partial charge in [-0.05, 0) is 64.2 Å². The van der Waals surface area contributed by atoms with Gasteiger partial charge in [-0.3, -0.25) is 14.4 Å². The molecule has 0 radical (unpaired) electrons. The number of carbonyl (C=O) groups excluding carboxylic acids is 3.